The van der Waals surface area contributed by atoms with E-state index in [0.717, 1.165) is 29.1 Å². The van der Waals surface area contributed by atoms with E-state index in [2.05, 4.69) is 5.10 Å². The standard InChI is InChI=1S/C11H9F2N3O3/c12-7-2-1-3-8(13)10(7)11-9(16(18)19)6-14-15(11)4-5-17/h1-3,6,17H,4-5H2. The zero-order chi connectivity index (χ0) is 14.0. The van der Waals surface area contributed by atoms with Crippen molar-refractivity contribution in [1.82, 2.24) is 9.78 Å². The molecule has 0 saturated carbocycles. The second-order valence-electron chi connectivity index (χ2n) is 3.68. The third kappa shape index (κ3) is 2.29. The summed E-state index contributed by atoms with van der Waals surface area (Å²) in [4.78, 5) is 10.1. The van der Waals surface area contributed by atoms with E-state index < -0.39 is 27.8 Å². The van der Waals surface area contributed by atoms with Crippen molar-refractivity contribution >= 4 is 5.69 Å². The highest BCUT2D eigenvalue weighted by Crippen LogP contribution is 2.33. The summed E-state index contributed by atoms with van der Waals surface area (Å²) in [5, 5.41) is 23.4. The van der Waals surface area contributed by atoms with Crippen molar-refractivity contribution in [2.45, 2.75) is 6.54 Å². The second kappa shape index (κ2) is 5.11. The first-order valence-corrected chi connectivity index (χ1v) is 5.31. The molecule has 0 spiro atoms. The average Bonchev–Trinajstić information content (AvgIpc) is 2.74. The van der Waals surface area contributed by atoms with Gasteiger partial charge < -0.3 is 5.11 Å². The predicted molar refractivity (Wildman–Crippen MR) is 61.3 cm³/mol. The highest BCUT2D eigenvalue weighted by Gasteiger charge is 2.26. The molecule has 6 nitrogen and oxygen atoms in total. The minimum absolute atomic E-state index is 0.100. The molecule has 0 bridgehead atoms. The summed E-state index contributed by atoms with van der Waals surface area (Å²) in [5.41, 5.74) is -1.34. The summed E-state index contributed by atoms with van der Waals surface area (Å²) < 4.78 is 28.4. The summed E-state index contributed by atoms with van der Waals surface area (Å²) in [5.74, 6) is -1.86. The number of nitrogens with zero attached hydrogens (tertiary/aromatic N) is 3. The van der Waals surface area contributed by atoms with Gasteiger partial charge in [0.05, 0.1) is 23.6 Å². The Morgan fingerprint density at radius 3 is 2.53 bits per heavy atom. The van der Waals surface area contributed by atoms with Crippen molar-refractivity contribution < 1.29 is 18.8 Å². The van der Waals surface area contributed by atoms with Crippen molar-refractivity contribution in [3.05, 3.63) is 46.1 Å². The summed E-state index contributed by atoms with van der Waals surface area (Å²) >= 11 is 0. The molecule has 1 N–H and O–H groups in total. The number of hydrogen-bond donors (Lipinski definition) is 1. The molecule has 8 heteroatoms. The molecule has 0 aliphatic rings. The van der Waals surface area contributed by atoms with Crippen LogP contribution < -0.4 is 0 Å². The highest BCUT2D eigenvalue weighted by molar-refractivity contribution is 5.70. The van der Waals surface area contributed by atoms with E-state index in [-0.39, 0.29) is 18.8 Å². The van der Waals surface area contributed by atoms with E-state index in [4.69, 9.17) is 5.11 Å². The molecule has 1 aromatic carbocycles. The number of halogens is 2. The molecule has 1 aromatic heterocycles. The number of hydrogen-bond acceptors (Lipinski definition) is 4. The zero-order valence-corrected chi connectivity index (χ0v) is 9.58. The van der Waals surface area contributed by atoms with Gasteiger partial charge in [0.2, 0.25) is 0 Å². The van der Waals surface area contributed by atoms with Crippen LogP contribution in [0.4, 0.5) is 14.5 Å². The van der Waals surface area contributed by atoms with Gasteiger partial charge in [0.15, 0.2) is 5.69 Å². The SMILES string of the molecule is O=[N+]([O-])c1cnn(CCO)c1-c1c(F)cccc1F. The van der Waals surface area contributed by atoms with Crippen LogP contribution in [-0.2, 0) is 6.54 Å². The van der Waals surface area contributed by atoms with Gasteiger partial charge in [0.1, 0.15) is 17.8 Å². The molecule has 0 aliphatic carbocycles. The Kier molecular flexibility index (Phi) is 3.52. The van der Waals surface area contributed by atoms with Gasteiger partial charge in [-0.3, -0.25) is 14.8 Å². The second-order valence-corrected chi connectivity index (χ2v) is 3.68. The Morgan fingerprint density at radius 2 is 2.00 bits per heavy atom. The number of aliphatic hydroxyl groups is 1. The number of rotatable bonds is 4. The molecule has 0 unspecified atom stereocenters. The molecule has 0 fully saturated rings. The van der Waals surface area contributed by atoms with Gasteiger partial charge in [-0.15, -0.1) is 0 Å². The van der Waals surface area contributed by atoms with E-state index in [1.807, 2.05) is 0 Å². The Labute approximate surface area is 106 Å². The summed E-state index contributed by atoms with van der Waals surface area (Å²) in [6, 6.07) is 3.16. The van der Waals surface area contributed by atoms with Gasteiger partial charge in [0.25, 0.3) is 0 Å². The van der Waals surface area contributed by atoms with Crippen LogP contribution in [0.5, 0.6) is 0 Å². The Bertz CT molecular complexity index is 607. The normalized spacial score (nSPS) is 10.7. The summed E-state index contributed by atoms with van der Waals surface area (Å²) in [6.45, 7) is -0.459. The molecule has 0 radical (unpaired) electrons. The van der Waals surface area contributed by atoms with Crippen LogP contribution in [0.2, 0.25) is 0 Å². The monoisotopic (exact) mass is 269 g/mol. The van der Waals surface area contributed by atoms with Crippen LogP contribution in [0.1, 0.15) is 0 Å². The summed E-state index contributed by atoms with van der Waals surface area (Å²) in [7, 11) is 0. The lowest BCUT2D eigenvalue weighted by Crippen LogP contribution is -2.08. The molecule has 100 valence electrons. The lowest BCUT2D eigenvalue weighted by atomic mass is 10.1. The Morgan fingerprint density at radius 1 is 1.37 bits per heavy atom. The van der Waals surface area contributed by atoms with E-state index >= 15 is 0 Å². The van der Waals surface area contributed by atoms with Crippen LogP contribution >= 0.6 is 0 Å². The quantitative estimate of drug-likeness (QED) is 0.677. The molecular weight excluding hydrogens is 260 g/mol. The maximum absolute atomic E-state index is 13.7. The largest absolute Gasteiger partial charge is 0.394 e. The van der Waals surface area contributed by atoms with E-state index in [1.54, 1.807) is 0 Å². The van der Waals surface area contributed by atoms with E-state index in [0.29, 0.717) is 0 Å². The number of nitro groups is 1. The van der Waals surface area contributed by atoms with Crippen molar-refractivity contribution in [3.63, 3.8) is 0 Å². The number of aliphatic hydroxyl groups excluding tert-OH is 1. The molecule has 0 amide bonds. The molecule has 2 aromatic rings. The van der Waals surface area contributed by atoms with E-state index in [1.165, 1.54) is 0 Å². The smallest absolute Gasteiger partial charge is 0.315 e. The maximum atomic E-state index is 13.7. The third-order valence-corrected chi connectivity index (χ3v) is 2.53. The van der Waals surface area contributed by atoms with Crippen molar-refractivity contribution in [2.75, 3.05) is 6.61 Å². The molecule has 0 atom stereocenters. The number of benzene rings is 1. The average molecular weight is 269 g/mol. The first-order chi connectivity index (χ1) is 9.06. The lowest BCUT2D eigenvalue weighted by molar-refractivity contribution is -0.384. The van der Waals surface area contributed by atoms with Crippen LogP contribution in [0.25, 0.3) is 11.3 Å². The Hall–Kier alpha value is -2.35. The molecular formula is C11H9F2N3O3. The Balaban J connectivity index is 2.72. The van der Waals surface area contributed by atoms with Gasteiger partial charge >= 0.3 is 5.69 Å². The van der Waals surface area contributed by atoms with Gasteiger partial charge in [-0.25, -0.2) is 8.78 Å². The highest BCUT2D eigenvalue weighted by atomic mass is 19.1. The van der Waals surface area contributed by atoms with Crippen LogP contribution in [-0.4, -0.2) is 26.4 Å². The maximum Gasteiger partial charge on any atom is 0.315 e. The van der Waals surface area contributed by atoms with Gasteiger partial charge in [-0.1, -0.05) is 6.07 Å². The molecule has 0 saturated heterocycles. The van der Waals surface area contributed by atoms with Gasteiger partial charge in [-0.2, -0.15) is 5.10 Å². The third-order valence-electron chi connectivity index (χ3n) is 2.53. The first-order valence-electron chi connectivity index (χ1n) is 5.31. The lowest BCUT2D eigenvalue weighted by Gasteiger charge is -2.07. The van der Waals surface area contributed by atoms with Gasteiger partial charge in [0, 0.05) is 0 Å². The first kappa shape index (κ1) is 13.1. The minimum Gasteiger partial charge on any atom is -0.394 e. The fourth-order valence-electron chi connectivity index (χ4n) is 1.75. The molecule has 19 heavy (non-hydrogen) atoms. The van der Waals surface area contributed by atoms with Crippen LogP contribution in [0.3, 0.4) is 0 Å². The molecule has 0 aliphatic heterocycles. The minimum atomic E-state index is -0.928. The van der Waals surface area contributed by atoms with Crippen molar-refractivity contribution in [2.24, 2.45) is 0 Å². The fourth-order valence-corrected chi connectivity index (χ4v) is 1.75. The topological polar surface area (TPSA) is 81.2 Å². The number of aromatic nitrogens is 2. The van der Waals surface area contributed by atoms with Crippen molar-refractivity contribution in [3.8, 4) is 11.3 Å². The summed E-state index contributed by atoms with van der Waals surface area (Å²) in [6.07, 6.45) is 0.900. The fraction of sp³-hybridized carbons (Fsp3) is 0.182. The molecule has 1 heterocycles. The van der Waals surface area contributed by atoms with E-state index in [9.17, 15) is 18.9 Å². The molecule has 2 rings (SSSR count). The predicted octanol–water partition coefficient (Wildman–Crippen LogP) is 1.73. The van der Waals surface area contributed by atoms with Crippen LogP contribution in [0.15, 0.2) is 24.4 Å². The van der Waals surface area contributed by atoms with Crippen LogP contribution in [0, 0.1) is 21.7 Å². The zero-order valence-electron chi connectivity index (χ0n) is 9.58. The van der Waals surface area contributed by atoms with Gasteiger partial charge in [-0.05, 0) is 12.1 Å². The van der Waals surface area contributed by atoms with Crippen molar-refractivity contribution in [1.29, 1.82) is 0 Å².